The summed E-state index contributed by atoms with van der Waals surface area (Å²) in [6.45, 7) is 0. The van der Waals surface area contributed by atoms with Crippen molar-refractivity contribution in [2.75, 3.05) is 0 Å². The van der Waals surface area contributed by atoms with Crippen LogP contribution in [0.25, 0.3) is 0 Å². The van der Waals surface area contributed by atoms with E-state index in [9.17, 15) is 18.0 Å². The third kappa shape index (κ3) is 4.09. The Hall–Kier alpha value is -1.25. The average molecular weight is 234 g/mol. The Morgan fingerprint density at radius 3 is 2.69 bits per heavy atom. The minimum absolute atomic E-state index is 0.255. The third-order valence-corrected chi connectivity index (χ3v) is 2.66. The zero-order valence-electron chi connectivity index (χ0n) is 8.68. The molecule has 1 aliphatic carbocycles. The van der Waals surface area contributed by atoms with E-state index in [0.29, 0.717) is 12.8 Å². The number of amides is 1. The molecule has 0 aliphatic heterocycles. The lowest BCUT2D eigenvalue weighted by atomic mass is 10.1. The predicted octanol–water partition coefficient (Wildman–Crippen LogP) is 2.14. The average Bonchev–Trinajstić information content (AvgIpc) is 2.61. The van der Waals surface area contributed by atoms with Crippen LogP contribution in [0, 0.1) is 17.2 Å². The van der Waals surface area contributed by atoms with Gasteiger partial charge in [0, 0.05) is 12.5 Å². The van der Waals surface area contributed by atoms with Gasteiger partial charge in [-0.2, -0.15) is 18.4 Å². The van der Waals surface area contributed by atoms with E-state index in [1.54, 1.807) is 0 Å². The summed E-state index contributed by atoms with van der Waals surface area (Å²) in [5.74, 6) is -0.876. The standard InChI is InChI=1S/C10H13F3N2O/c11-10(12,13)5-4-9(16)15-8-3-1-2-7(8)6-14/h7-8H,1-5H2,(H,15,16). The Bertz CT molecular complexity index is 295. The number of nitriles is 1. The Balaban J connectivity index is 2.32. The van der Waals surface area contributed by atoms with Crippen LogP contribution < -0.4 is 5.32 Å². The highest BCUT2D eigenvalue weighted by molar-refractivity contribution is 5.76. The highest BCUT2D eigenvalue weighted by Gasteiger charge is 2.31. The first-order chi connectivity index (χ1) is 7.42. The van der Waals surface area contributed by atoms with Gasteiger partial charge in [-0.05, 0) is 19.3 Å². The van der Waals surface area contributed by atoms with Crippen molar-refractivity contribution >= 4 is 5.91 Å². The predicted molar refractivity (Wildman–Crippen MR) is 50.2 cm³/mol. The molecule has 6 heteroatoms. The fourth-order valence-corrected chi connectivity index (χ4v) is 1.82. The SMILES string of the molecule is N#CC1CCCC1NC(=O)CCC(F)(F)F. The van der Waals surface area contributed by atoms with Crippen LogP contribution in [0.15, 0.2) is 0 Å². The van der Waals surface area contributed by atoms with Gasteiger partial charge in [0.05, 0.1) is 18.4 Å². The number of halogens is 3. The second-order valence-electron chi connectivity index (χ2n) is 3.96. The molecule has 0 heterocycles. The molecule has 90 valence electrons. The molecule has 0 bridgehead atoms. The van der Waals surface area contributed by atoms with Crippen molar-refractivity contribution in [1.82, 2.24) is 5.32 Å². The van der Waals surface area contributed by atoms with Crippen LogP contribution in [-0.2, 0) is 4.79 Å². The van der Waals surface area contributed by atoms with E-state index in [-0.39, 0.29) is 12.0 Å². The van der Waals surface area contributed by atoms with Gasteiger partial charge in [-0.25, -0.2) is 0 Å². The smallest absolute Gasteiger partial charge is 0.352 e. The van der Waals surface area contributed by atoms with Crippen LogP contribution in [0.5, 0.6) is 0 Å². The lowest BCUT2D eigenvalue weighted by molar-refractivity contribution is -0.144. The third-order valence-electron chi connectivity index (χ3n) is 2.66. The van der Waals surface area contributed by atoms with Gasteiger partial charge < -0.3 is 5.32 Å². The molecule has 0 radical (unpaired) electrons. The molecule has 1 amide bonds. The maximum atomic E-state index is 11.8. The van der Waals surface area contributed by atoms with Crippen LogP contribution in [-0.4, -0.2) is 18.1 Å². The molecule has 1 fully saturated rings. The number of hydrogen-bond acceptors (Lipinski definition) is 2. The molecular formula is C10H13F3N2O. The van der Waals surface area contributed by atoms with Crippen LogP contribution >= 0.6 is 0 Å². The molecule has 0 saturated heterocycles. The molecule has 0 aromatic carbocycles. The van der Waals surface area contributed by atoms with Crippen molar-refractivity contribution < 1.29 is 18.0 Å². The minimum atomic E-state index is -4.30. The molecule has 0 aromatic heterocycles. The fourth-order valence-electron chi connectivity index (χ4n) is 1.82. The molecule has 16 heavy (non-hydrogen) atoms. The number of rotatable bonds is 3. The van der Waals surface area contributed by atoms with E-state index in [0.717, 1.165) is 6.42 Å². The van der Waals surface area contributed by atoms with Crippen LogP contribution in [0.4, 0.5) is 13.2 Å². The monoisotopic (exact) mass is 234 g/mol. The summed E-state index contributed by atoms with van der Waals surface area (Å²) in [7, 11) is 0. The molecule has 0 aromatic rings. The van der Waals surface area contributed by atoms with E-state index in [2.05, 4.69) is 11.4 Å². The Morgan fingerprint density at radius 2 is 2.12 bits per heavy atom. The van der Waals surface area contributed by atoms with Gasteiger partial charge in [-0.1, -0.05) is 0 Å². The highest BCUT2D eigenvalue weighted by Crippen LogP contribution is 2.25. The number of nitrogens with zero attached hydrogens (tertiary/aromatic N) is 1. The van der Waals surface area contributed by atoms with Crippen molar-refractivity contribution in [1.29, 1.82) is 5.26 Å². The summed E-state index contributed by atoms with van der Waals surface area (Å²) in [6.07, 6.45) is -3.75. The number of carbonyl (C=O) groups is 1. The first-order valence-electron chi connectivity index (χ1n) is 5.18. The lowest BCUT2D eigenvalue weighted by Gasteiger charge is -2.15. The van der Waals surface area contributed by atoms with Crippen molar-refractivity contribution in [3.8, 4) is 6.07 Å². The second-order valence-corrected chi connectivity index (χ2v) is 3.96. The molecule has 1 rings (SSSR count). The van der Waals surface area contributed by atoms with Gasteiger partial charge in [-0.3, -0.25) is 4.79 Å². The summed E-state index contributed by atoms with van der Waals surface area (Å²) in [4.78, 5) is 11.2. The van der Waals surface area contributed by atoms with Crippen molar-refractivity contribution in [3.05, 3.63) is 0 Å². The molecule has 2 unspecified atom stereocenters. The molecule has 2 atom stereocenters. The zero-order chi connectivity index (χ0) is 12.2. The first kappa shape index (κ1) is 12.8. The molecule has 1 saturated carbocycles. The minimum Gasteiger partial charge on any atom is -0.352 e. The largest absolute Gasteiger partial charge is 0.389 e. The fraction of sp³-hybridized carbons (Fsp3) is 0.800. The normalized spacial score (nSPS) is 25.1. The molecule has 3 nitrogen and oxygen atoms in total. The van der Waals surface area contributed by atoms with Gasteiger partial charge in [0.1, 0.15) is 0 Å². The van der Waals surface area contributed by atoms with Crippen LogP contribution in [0.2, 0.25) is 0 Å². The summed E-state index contributed by atoms with van der Waals surface area (Å²) in [5.41, 5.74) is 0. The summed E-state index contributed by atoms with van der Waals surface area (Å²) in [6, 6.07) is 1.78. The summed E-state index contributed by atoms with van der Waals surface area (Å²) < 4.78 is 35.5. The first-order valence-corrected chi connectivity index (χ1v) is 5.18. The maximum absolute atomic E-state index is 11.8. The zero-order valence-corrected chi connectivity index (χ0v) is 8.68. The molecule has 1 aliphatic rings. The van der Waals surface area contributed by atoms with E-state index in [1.165, 1.54) is 0 Å². The van der Waals surface area contributed by atoms with Crippen molar-refractivity contribution in [2.45, 2.75) is 44.3 Å². The highest BCUT2D eigenvalue weighted by atomic mass is 19.4. The molecular weight excluding hydrogens is 221 g/mol. The van der Waals surface area contributed by atoms with Crippen LogP contribution in [0.1, 0.15) is 32.1 Å². The Kier molecular flexibility index (Phi) is 4.16. The van der Waals surface area contributed by atoms with Gasteiger partial charge in [0.2, 0.25) is 5.91 Å². The van der Waals surface area contributed by atoms with Crippen molar-refractivity contribution in [2.24, 2.45) is 5.92 Å². The number of hydrogen-bond donors (Lipinski definition) is 1. The van der Waals surface area contributed by atoms with Gasteiger partial charge in [0.25, 0.3) is 0 Å². The number of carbonyl (C=O) groups excluding carboxylic acids is 1. The van der Waals surface area contributed by atoms with E-state index in [1.807, 2.05) is 0 Å². The summed E-state index contributed by atoms with van der Waals surface area (Å²) in [5, 5.41) is 11.2. The topological polar surface area (TPSA) is 52.9 Å². The maximum Gasteiger partial charge on any atom is 0.389 e. The number of alkyl halides is 3. The van der Waals surface area contributed by atoms with Gasteiger partial charge >= 0.3 is 6.18 Å². The van der Waals surface area contributed by atoms with E-state index in [4.69, 9.17) is 5.26 Å². The molecule has 0 spiro atoms. The Labute approximate surface area is 91.6 Å². The Morgan fingerprint density at radius 1 is 1.44 bits per heavy atom. The van der Waals surface area contributed by atoms with Crippen molar-refractivity contribution in [3.63, 3.8) is 0 Å². The lowest BCUT2D eigenvalue weighted by Crippen LogP contribution is -2.37. The van der Waals surface area contributed by atoms with Gasteiger partial charge in [-0.15, -0.1) is 0 Å². The van der Waals surface area contributed by atoms with Gasteiger partial charge in [0.15, 0.2) is 0 Å². The summed E-state index contributed by atoms with van der Waals surface area (Å²) >= 11 is 0. The molecule has 1 N–H and O–H groups in total. The van der Waals surface area contributed by atoms with E-state index < -0.39 is 24.9 Å². The number of nitrogens with one attached hydrogen (secondary N) is 1. The second kappa shape index (κ2) is 5.19. The van der Waals surface area contributed by atoms with Crippen LogP contribution in [0.3, 0.4) is 0 Å². The quantitative estimate of drug-likeness (QED) is 0.813. The van der Waals surface area contributed by atoms with E-state index >= 15 is 0 Å².